The summed E-state index contributed by atoms with van der Waals surface area (Å²) in [7, 11) is 0. The molecular weight excluding hydrogens is 252 g/mol. The van der Waals surface area contributed by atoms with Crippen molar-refractivity contribution in [1.82, 2.24) is 10.1 Å². The molecule has 0 fully saturated rings. The van der Waals surface area contributed by atoms with Crippen LogP contribution < -0.4 is 0 Å². The van der Waals surface area contributed by atoms with Crippen molar-refractivity contribution in [3.63, 3.8) is 0 Å². The van der Waals surface area contributed by atoms with E-state index < -0.39 is 0 Å². The van der Waals surface area contributed by atoms with Crippen molar-refractivity contribution in [3.8, 4) is 22.7 Å². The Balaban J connectivity index is 1.91. The van der Waals surface area contributed by atoms with E-state index in [4.69, 9.17) is 20.5 Å². The highest BCUT2D eigenvalue weighted by Gasteiger charge is 2.08. The molecule has 0 aliphatic rings. The summed E-state index contributed by atoms with van der Waals surface area (Å²) in [5.74, 6) is 2.01. The van der Waals surface area contributed by atoms with Gasteiger partial charge < -0.3 is 8.94 Å². The third-order valence-electron chi connectivity index (χ3n) is 2.53. The molecule has 0 bridgehead atoms. The molecule has 0 aliphatic carbocycles. The molecule has 18 heavy (non-hydrogen) atoms. The Morgan fingerprint density at radius 2 is 1.83 bits per heavy atom. The van der Waals surface area contributed by atoms with Crippen LogP contribution in [0.25, 0.3) is 22.7 Å². The van der Waals surface area contributed by atoms with Crippen LogP contribution in [-0.4, -0.2) is 10.1 Å². The monoisotopic (exact) mass is 260 g/mol. The van der Waals surface area contributed by atoms with Crippen molar-refractivity contribution in [2.75, 3.05) is 0 Å². The molecule has 0 saturated carbocycles. The minimum absolute atomic E-state index is 0.220. The maximum Gasteiger partial charge on any atom is 0.241 e. The normalized spacial score (nSPS) is 10.7. The Labute approximate surface area is 108 Å². The standard InChI is InChI=1S/C13H9ClN2O2/c14-8-12-15-13(16-18-12)10-5-3-9(4-6-10)11-2-1-7-17-11/h1-7H,8H2. The van der Waals surface area contributed by atoms with Crippen LogP contribution in [0, 0.1) is 0 Å². The molecule has 5 heteroatoms. The summed E-state index contributed by atoms with van der Waals surface area (Å²) in [4.78, 5) is 4.16. The molecule has 3 rings (SSSR count). The first-order valence-electron chi connectivity index (χ1n) is 5.39. The lowest BCUT2D eigenvalue weighted by Crippen LogP contribution is -1.82. The van der Waals surface area contributed by atoms with Crippen molar-refractivity contribution in [1.29, 1.82) is 0 Å². The Kier molecular flexibility index (Phi) is 2.86. The van der Waals surface area contributed by atoms with Crippen LogP contribution >= 0.6 is 11.6 Å². The lowest BCUT2D eigenvalue weighted by molar-refractivity contribution is 0.391. The van der Waals surface area contributed by atoms with Gasteiger partial charge in [-0.1, -0.05) is 29.4 Å². The Morgan fingerprint density at radius 1 is 1.06 bits per heavy atom. The minimum atomic E-state index is 0.220. The van der Waals surface area contributed by atoms with E-state index in [1.807, 2.05) is 36.4 Å². The van der Waals surface area contributed by atoms with Crippen LogP contribution in [0.2, 0.25) is 0 Å². The molecule has 0 atom stereocenters. The van der Waals surface area contributed by atoms with E-state index >= 15 is 0 Å². The first-order chi connectivity index (χ1) is 8.86. The molecule has 0 unspecified atom stereocenters. The van der Waals surface area contributed by atoms with Gasteiger partial charge in [0.25, 0.3) is 0 Å². The number of hydrogen-bond acceptors (Lipinski definition) is 4. The van der Waals surface area contributed by atoms with Gasteiger partial charge >= 0.3 is 0 Å². The van der Waals surface area contributed by atoms with Crippen LogP contribution in [0.5, 0.6) is 0 Å². The van der Waals surface area contributed by atoms with Gasteiger partial charge in [-0.05, 0) is 12.1 Å². The third kappa shape index (κ3) is 2.02. The highest BCUT2D eigenvalue weighted by atomic mass is 35.5. The van der Waals surface area contributed by atoms with Crippen molar-refractivity contribution >= 4 is 11.6 Å². The topological polar surface area (TPSA) is 52.1 Å². The lowest BCUT2D eigenvalue weighted by atomic mass is 10.1. The molecule has 2 heterocycles. The van der Waals surface area contributed by atoms with Crippen molar-refractivity contribution in [3.05, 3.63) is 48.6 Å². The molecule has 90 valence electrons. The Bertz CT molecular complexity index is 629. The van der Waals surface area contributed by atoms with Crippen molar-refractivity contribution in [2.45, 2.75) is 5.88 Å². The van der Waals surface area contributed by atoms with Crippen molar-refractivity contribution in [2.24, 2.45) is 0 Å². The smallest absolute Gasteiger partial charge is 0.241 e. The van der Waals surface area contributed by atoms with Crippen LogP contribution in [0.1, 0.15) is 5.89 Å². The summed E-state index contributed by atoms with van der Waals surface area (Å²) in [6, 6.07) is 11.5. The molecule has 3 aromatic rings. The zero-order valence-corrected chi connectivity index (χ0v) is 10.1. The molecule has 0 amide bonds. The number of nitrogens with zero attached hydrogens (tertiary/aromatic N) is 2. The third-order valence-corrected chi connectivity index (χ3v) is 2.76. The van der Waals surface area contributed by atoms with Gasteiger partial charge in [0.2, 0.25) is 11.7 Å². The first kappa shape index (κ1) is 11.0. The SMILES string of the molecule is ClCc1nc(-c2ccc(-c3ccco3)cc2)no1. The fourth-order valence-corrected chi connectivity index (χ4v) is 1.76. The fraction of sp³-hybridized carbons (Fsp3) is 0.0769. The number of furan rings is 1. The van der Waals surface area contributed by atoms with Crippen LogP contribution in [0.4, 0.5) is 0 Å². The Hall–Kier alpha value is -2.07. The number of hydrogen-bond donors (Lipinski definition) is 0. The lowest BCUT2D eigenvalue weighted by Gasteiger charge is -1.98. The van der Waals surface area contributed by atoms with Gasteiger partial charge in [-0.15, -0.1) is 11.6 Å². The van der Waals surface area contributed by atoms with E-state index in [-0.39, 0.29) is 5.88 Å². The predicted molar refractivity (Wildman–Crippen MR) is 67.0 cm³/mol. The van der Waals surface area contributed by atoms with Gasteiger partial charge in [0.15, 0.2) is 0 Å². The summed E-state index contributed by atoms with van der Waals surface area (Å²) < 4.78 is 10.3. The largest absolute Gasteiger partial charge is 0.464 e. The van der Waals surface area contributed by atoms with Crippen LogP contribution in [0.3, 0.4) is 0 Å². The van der Waals surface area contributed by atoms with Gasteiger partial charge in [-0.25, -0.2) is 0 Å². The first-order valence-corrected chi connectivity index (χ1v) is 5.93. The zero-order valence-electron chi connectivity index (χ0n) is 9.34. The van der Waals surface area contributed by atoms with E-state index in [2.05, 4.69) is 10.1 Å². The zero-order chi connectivity index (χ0) is 12.4. The average molecular weight is 261 g/mol. The van der Waals surface area contributed by atoms with Gasteiger partial charge in [0.1, 0.15) is 11.6 Å². The molecule has 2 aromatic heterocycles. The second kappa shape index (κ2) is 4.66. The molecule has 1 aromatic carbocycles. The summed E-state index contributed by atoms with van der Waals surface area (Å²) >= 11 is 5.61. The summed E-state index contributed by atoms with van der Waals surface area (Å²) in [5.41, 5.74) is 1.88. The van der Waals surface area contributed by atoms with E-state index in [0.29, 0.717) is 11.7 Å². The fourth-order valence-electron chi connectivity index (χ4n) is 1.65. The summed E-state index contributed by atoms with van der Waals surface area (Å²) in [6.07, 6.45) is 1.65. The highest BCUT2D eigenvalue weighted by Crippen LogP contribution is 2.23. The molecule has 0 N–H and O–H groups in total. The maximum absolute atomic E-state index is 5.61. The van der Waals surface area contributed by atoms with Gasteiger partial charge in [-0.3, -0.25) is 0 Å². The number of benzene rings is 1. The Morgan fingerprint density at radius 3 is 2.44 bits per heavy atom. The molecule has 4 nitrogen and oxygen atoms in total. The minimum Gasteiger partial charge on any atom is -0.464 e. The predicted octanol–water partition coefficient (Wildman–Crippen LogP) is 3.74. The van der Waals surface area contributed by atoms with E-state index in [0.717, 1.165) is 16.9 Å². The number of aromatic nitrogens is 2. The maximum atomic E-state index is 5.61. The van der Waals surface area contributed by atoms with Crippen molar-refractivity contribution < 1.29 is 8.94 Å². The highest BCUT2D eigenvalue weighted by molar-refractivity contribution is 6.16. The summed E-state index contributed by atoms with van der Waals surface area (Å²) in [5, 5.41) is 3.86. The summed E-state index contributed by atoms with van der Waals surface area (Å²) in [6.45, 7) is 0. The van der Waals surface area contributed by atoms with E-state index in [9.17, 15) is 0 Å². The van der Waals surface area contributed by atoms with E-state index in [1.165, 1.54) is 0 Å². The number of rotatable bonds is 3. The van der Waals surface area contributed by atoms with Crippen LogP contribution in [0.15, 0.2) is 51.6 Å². The molecule has 0 saturated heterocycles. The van der Waals surface area contributed by atoms with Gasteiger partial charge in [0.05, 0.1) is 6.26 Å². The number of halogens is 1. The van der Waals surface area contributed by atoms with E-state index in [1.54, 1.807) is 6.26 Å². The molecule has 0 spiro atoms. The molecule has 0 radical (unpaired) electrons. The number of alkyl halides is 1. The average Bonchev–Trinajstić information content (AvgIpc) is 3.10. The second-order valence-electron chi connectivity index (χ2n) is 3.70. The van der Waals surface area contributed by atoms with Gasteiger partial charge in [-0.2, -0.15) is 4.98 Å². The van der Waals surface area contributed by atoms with Crippen LogP contribution in [-0.2, 0) is 5.88 Å². The molecule has 0 aliphatic heterocycles. The second-order valence-corrected chi connectivity index (χ2v) is 3.97. The molecular formula is C13H9ClN2O2. The van der Waals surface area contributed by atoms with Gasteiger partial charge in [0, 0.05) is 11.1 Å². The quantitative estimate of drug-likeness (QED) is 0.673.